The zero-order chi connectivity index (χ0) is 45.8. The van der Waals surface area contributed by atoms with Gasteiger partial charge >= 0.3 is 17.9 Å². The second-order valence-corrected chi connectivity index (χ2v) is 17.4. The largest absolute Gasteiger partial charge is 0.462 e. The molecule has 0 N–H and O–H groups in total. The zero-order valence-electron chi connectivity index (χ0n) is 41.3. The summed E-state index contributed by atoms with van der Waals surface area (Å²) < 4.78 is 16.8. The van der Waals surface area contributed by atoms with Gasteiger partial charge in [-0.25, -0.2) is 0 Å². The summed E-state index contributed by atoms with van der Waals surface area (Å²) in [4.78, 5) is 38.0. The van der Waals surface area contributed by atoms with Gasteiger partial charge in [0.15, 0.2) is 6.10 Å². The molecule has 6 heteroatoms. The molecule has 0 saturated carbocycles. The van der Waals surface area contributed by atoms with Crippen LogP contribution in [0.3, 0.4) is 0 Å². The average molecular weight is 879 g/mol. The first-order chi connectivity index (χ1) is 31.0. The molecule has 0 aromatic heterocycles. The predicted octanol–water partition coefficient (Wildman–Crippen LogP) is 17.4. The highest BCUT2D eigenvalue weighted by molar-refractivity contribution is 5.71. The molecule has 0 saturated heterocycles. The molecule has 0 aliphatic rings. The van der Waals surface area contributed by atoms with Gasteiger partial charge in [-0.1, -0.05) is 203 Å². The van der Waals surface area contributed by atoms with Crippen LogP contribution in [0.4, 0.5) is 0 Å². The Hall–Kier alpha value is -3.15. The van der Waals surface area contributed by atoms with Crippen LogP contribution in [0.5, 0.6) is 0 Å². The van der Waals surface area contributed by atoms with E-state index in [9.17, 15) is 14.4 Å². The van der Waals surface area contributed by atoms with E-state index < -0.39 is 6.10 Å². The number of rotatable bonds is 47. The number of carbonyl (C=O) groups excluding carboxylic acids is 3. The van der Waals surface area contributed by atoms with E-state index in [1.54, 1.807) is 0 Å². The molecule has 0 amide bonds. The fourth-order valence-corrected chi connectivity index (χ4v) is 7.25. The maximum Gasteiger partial charge on any atom is 0.306 e. The van der Waals surface area contributed by atoms with Crippen LogP contribution in [-0.2, 0) is 28.6 Å². The molecule has 0 rings (SSSR count). The fourth-order valence-electron chi connectivity index (χ4n) is 7.25. The van der Waals surface area contributed by atoms with E-state index in [-0.39, 0.29) is 31.1 Å². The molecule has 63 heavy (non-hydrogen) atoms. The van der Waals surface area contributed by atoms with Crippen LogP contribution < -0.4 is 0 Å². The van der Waals surface area contributed by atoms with E-state index in [1.807, 2.05) is 0 Å². The van der Waals surface area contributed by atoms with Gasteiger partial charge in [0.05, 0.1) is 0 Å². The lowest BCUT2D eigenvalue weighted by Gasteiger charge is -2.18. The topological polar surface area (TPSA) is 78.9 Å². The maximum atomic E-state index is 12.8. The Labute approximate surface area is 389 Å². The van der Waals surface area contributed by atoms with Crippen molar-refractivity contribution < 1.29 is 28.6 Å². The van der Waals surface area contributed by atoms with Gasteiger partial charge in [-0.15, -0.1) is 0 Å². The first-order valence-electron chi connectivity index (χ1n) is 26.4. The summed E-state index contributed by atoms with van der Waals surface area (Å²) >= 11 is 0. The second-order valence-electron chi connectivity index (χ2n) is 17.4. The third-order valence-corrected chi connectivity index (χ3v) is 11.2. The van der Waals surface area contributed by atoms with Crippen molar-refractivity contribution >= 4 is 17.9 Å². The van der Waals surface area contributed by atoms with Crippen LogP contribution in [0.15, 0.2) is 72.9 Å². The van der Waals surface area contributed by atoms with E-state index in [0.717, 1.165) is 103 Å². The molecule has 0 fully saturated rings. The number of carbonyl (C=O) groups is 3. The summed E-state index contributed by atoms with van der Waals surface area (Å²) in [6, 6.07) is 0. The Kier molecular flexibility index (Phi) is 48.9. The Morgan fingerprint density at radius 1 is 0.333 bits per heavy atom. The molecule has 362 valence electrons. The van der Waals surface area contributed by atoms with Gasteiger partial charge in [0, 0.05) is 19.3 Å². The maximum absolute atomic E-state index is 12.8. The minimum Gasteiger partial charge on any atom is -0.462 e. The van der Waals surface area contributed by atoms with Crippen LogP contribution in [0.1, 0.15) is 252 Å². The molecular weight excluding hydrogens is 781 g/mol. The predicted molar refractivity (Wildman–Crippen MR) is 270 cm³/mol. The van der Waals surface area contributed by atoms with Gasteiger partial charge in [0.1, 0.15) is 13.2 Å². The van der Waals surface area contributed by atoms with Crippen molar-refractivity contribution in [2.45, 2.75) is 258 Å². The molecule has 0 radical (unpaired) electrons. The molecule has 0 heterocycles. The Balaban J connectivity index is 4.36. The van der Waals surface area contributed by atoms with Gasteiger partial charge in [-0.05, 0) is 103 Å². The average Bonchev–Trinajstić information content (AvgIpc) is 3.28. The van der Waals surface area contributed by atoms with Crippen LogP contribution in [0, 0.1) is 0 Å². The van der Waals surface area contributed by atoms with Crippen molar-refractivity contribution in [2.24, 2.45) is 0 Å². The van der Waals surface area contributed by atoms with Crippen LogP contribution in [0.25, 0.3) is 0 Å². The van der Waals surface area contributed by atoms with Crippen molar-refractivity contribution in [1.82, 2.24) is 0 Å². The molecule has 0 aliphatic carbocycles. The number of ether oxygens (including phenoxy) is 3. The van der Waals surface area contributed by atoms with E-state index >= 15 is 0 Å². The summed E-state index contributed by atoms with van der Waals surface area (Å²) in [5, 5.41) is 0. The quantitative estimate of drug-likeness (QED) is 0.0262. The smallest absolute Gasteiger partial charge is 0.306 e. The number of unbranched alkanes of at least 4 members (excludes halogenated alkanes) is 24. The lowest BCUT2D eigenvalue weighted by Crippen LogP contribution is -2.30. The SMILES string of the molecule is CC/C=C\C/C=C\C/C=C\CCCCCCCCCCCC(=O)OCC(COC(=O)CCCCCCC/C=C\CCCCC)OC(=O)CCCCCCCCC/C=C\C/C=C\CC. The number of hydrogen-bond acceptors (Lipinski definition) is 6. The highest BCUT2D eigenvalue weighted by Gasteiger charge is 2.19. The van der Waals surface area contributed by atoms with Crippen LogP contribution in [-0.4, -0.2) is 37.2 Å². The summed E-state index contributed by atoms with van der Waals surface area (Å²) in [5.41, 5.74) is 0. The molecule has 0 aromatic rings. The highest BCUT2D eigenvalue weighted by atomic mass is 16.6. The summed E-state index contributed by atoms with van der Waals surface area (Å²) in [6.45, 7) is 6.39. The number of allylic oxidation sites excluding steroid dienone is 12. The van der Waals surface area contributed by atoms with Gasteiger partial charge in [0.25, 0.3) is 0 Å². The molecule has 0 bridgehead atoms. The summed E-state index contributed by atoms with van der Waals surface area (Å²) in [7, 11) is 0. The summed E-state index contributed by atoms with van der Waals surface area (Å²) in [6.07, 6.45) is 64.6. The highest BCUT2D eigenvalue weighted by Crippen LogP contribution is 2.15. The van der Waals surface area contributed by atoms with Crippen molar-refractivity contribution in [1.29, 1.82) is 0 Å². The molecule has 1 atom stereocenters. The first-order valence-corrected chi connectivity index (χ1v) is 26.4. The lowest BCUT2D eigenvalue weighted by molar-refractivity contribution is -0.167. The van der Waals surface area contributed by atoms with E-state index in [2.05, 4.69) is 93.7 Å². The van der Waals surface area contributed by atoms with Crippen LogP contribution >= 0.6 is 0 Å². The standard InChI is InChI=1S/C57H98O6/c1-4-7-10-13-16-19-22-25-27-28-29-30-31-33-35-38-41-44-47-50-56(59)62-53-54(52-61-55(58)49-46-43-40-37-34-24-21-18-15-12-9-6-3)63-57(60)51-48-45-42-39-36-32-26-23-20-17-14-11-8-5-2/h7-8,10-11,16-21,25,27,54H,4-6,9,12-15,22-24,26,28-53H2,1-3H3/b10-7-,11-8-,19-16-,20-17-,21-18-,27-25-. The van der Waals surface area contributed by atoms with Gasteiger partial charge in [0.2, 0.25) is 0 Å². The van der Waals surface area contributed by atoms with Gasteiger partial charge in [-0.3, -0.25) is 14.4 Å². The molecule has 0 aromatic carbocycles. The van der Waals surface area contributed by atoms with Gasteiger partial charge in [-0.2, -0.15) is 0 Å². The minimum absolute atomic E-state index is 0.0840. The minimum atomic E-state index is -0.784. The Bertz CT molecular complexity index is 1190. The van der Waals surface area contributed by atoms with Crippen LogP contribution in [0.2, 0.25) is 0 Å². The Morgan fingerprint density at radius 3 is 0.984 bits per heavy atom. The molecule has 0 spiro atoms. The number of esters is 3. The van der Waals surface area contributed by atoms with Gasteiger partial charge < -0.3 is 14.2 Å². The monoisotopic (exact) mass is 879 g/mol. The van der Waals surface area contributed by atoms with E-state index in [1.165, 1.54) is 109 Å². The molecular formula is C57H98O6. The molecule has 6 nitrogen and oxygen atoms in total. The van der Waals surface area contributed by atoms with Crippen molar-refractivity contribution in [3.05, 3.63) is 72.9 Å². The van der Waals surface area contributed by atoms with E-state index in [4.69, 9.17) is 14.2 Å². The van der Waals surface area contributed by atoms with Crippen molar-refractivity contribution in [3.8, 4) is 0 Å². The van der Waals surface area contributed by atoms with E-state index in [0.29, 0.717) is 19.3 Å². The number of hydrogen-bond donors (Lipinski definition) is 0. The molecule has 0 aliphatic heterocycles. The van der Waals surface area contributed by atoms with Crippen molar-refractivity contribution in [3.63, 3.8) is 0 Å². The fraction of sp³-hybridized carbons (Fsp3) is 0.737. The summed E-state index contributed by atoms with van der Waals surface area (Å²) in [5.74, 6) is -0.904. The van der Waals surface area contributed by atoms with Crippen molar-refractivity contribution in [2.75, 3.05) is 13.2 Å². The normalized spacial score (nSPS) is 12.6. The first kappa shape index (κ1) is 59.9. The second kappa shape index (κ2) is 51.5. The molecule has 1 unspecified atom stereocenters. The lowest BCUT2D eigenvalue weighted by atomic mass is 10.1. The Morgan fingerprint density at radius 2 is 0.619 bits per heavy atom. The third-order valence-electron chi connectivity index (χ3n) is 11.2. The zero-order valence-corrected chi connectivity index (χ0v) is 41.3. The third kappa shape index (κ3) is 49.7.